The highest BCUT2D eigenvalue weighted by Crippen LogP contribution is 2.14. The number of carbonyl (C=O) groups is 1. The van der Waals surface area contributed by atoms with Crippen LogP contribution in [0, 0.1) is 0 Å². The van der Waals surface area contributed by atoms with Gasteiger partial charge in [-0.3, -0.25) is 4.79 Å². The number of benzene rings is 1. The molecule has 3 heteroatoms. The summed E-state index contributed by atoms with van der Waals surface area (Å²) in [6.45, 7) is 6.08. The maximum atomic E-state index is 11.9. The molecule has 1 rings (SSSR count). The zero-order valence-electron chi connectivity index (χ0n) is 10.1. The number of carbonyl (C=O) groups excluding carboxylic acids is 1. The summed E-state index contributed by atoms with van der Waals surface area (Å²) in [6, 6.07) is 6.37. The highest BCUT2D eigenvalue weighted by atomic mass is 16.3. The summed E-state index contributed by atoms with van der Waals surface area (Å²) in [6.07, 6.45) is 1.95. The Kier molecular flexibility index (Phi) is 3.93. The Balaban J connectivity index is 2.72. The largest absolute Gasteiger partial charge is 0.508 e. The van der Waals surface area contributed by atoms with Gasteiger partial charge in [0.25, 0.3) is 5.91 Å². The summed E-state index contributed by atoms with van der Waals surface area (Å²) in [5, 5.41) is 12.2. The van der Waals surface area contributed by atoms with Crippen molar-refractivity contribution in [2.75, 3.05) is 0 Å². The third-order valence-corrected chi connectivity index (χ3v) is 2.44. The summed E-state index contributed by atoms with van der Waals surface area (Å²) in [4.78, 5) is 11.9. The van der Waals surface area contributed by atoms with Gasteiger partial charge >= 0.3 is 0 Å². The minimum Gasteiger partial charge on any atom is -0.508 e. The predicted octanol–water partition coefficient (Wildman–Crippen LogP) is 2.70. The molecule has 0 radical (unpaired) electrons. The van der Waals surface area contributed by atoms with Crippen LogP contribution in [0.5, 0.6) is 5.75 Å². The van der Waals surface area contributed by atoms with Crippen LogP contribution in [0.15, 0.2) is 24.3 Å². The van der Waals surface area contributed by atoms with Gasteiger partial charge in [-0.2, -0.15) is 0 Å². The van der Waals surface area contributed by atoms with Crippen molar-refractivity contribution in [1.29, 1.82) is 0 Å². The first kappa shape index (κ1) is 12.6. The lowest BCUT2D eigenvalue weighted by Gasteiger charge is -2.25. The molecule has 0 saturated carbocycles. The van der Waals surface area contributed by atoms with Gasteiger partial charge in [0.1, 0.15) is 5.75 Å². The number of amides is 1. The van der Waals surface area contributed by atoms with Gasteiger partial charge in [-0.1, -0.05) is 19.4 Å². The molecule has 1 aromatic carbocycles. The van der Waals surface area contributed by atoms with Crippen LogP contribution in [0.2, 0.25) is 0 Å². The first-order chi connectivity index (χ1) is 7.44. The molecule has 0 unspecified atom stereocenters. The Morgan fingerprint density at radius 1 is 1.44 bits per heavy atom. The summed E-state index contributed by atoms with van der Waals surface area (Å²) in [5.41, 5.74) is 0.279. The Bertz CT molecular complexity index is 372. The van der Waals surface area contributed by atoms with Crippen molar-refractivity contribution in [3.63, 3.8) is 0 Å². The summed E-state index contributed by atoms with van der Waals surface area (Å²) in [7, 11) is 0. The van der Waals surface area contributed by atoms with Crippen molar-refractivity contribution in [2.24, 2.45) is 0 Å². The summed E-state index contributed by atoms with van der Waals surface area (Å²) < 4.78 is 0. The van der Waals surface area contributed by atoms with E-state index in [1.165, 1.54) is 6.07 Å². The fourth-order valence-electron chi connectivity index (χ4n) is 1.71. The van der Waals surface area contributed by atoms with Gasteiger partial charge in [-0.05, 0) is 38.5 Å². The predicted molar refractivity (Wildman–Crippen MR) is 64.6 cm³/mol. The van der Waals surface area contributed by atoms with Gasteiger partial charge in [0, 0.05) is 11.1 Å². The van der Waals surface area contributed by atoms with Gasteiger partial charge in [-0.25, -0.2) is 0 Å². The average molecular weight is 221 g/mol. The topological polar surface area (TPSA) is 49.3 Å². The van der Waals surface area contributed by atoms with Crippen LogP contribution in [0.4, 0.5) is 0 Å². The number of phenols is 1. The van der Waals surface area contributed by atoms with Crippen molar-refractivity contribution in [3.8, 4) is 5.75 Å². The average Bonchev–Trinajstić information content (AvgIpc) is 2.16. The molecule has 0 atom stereocenters. The van der Waals surface area contributed by atoms with Crippen molar-refractivity contribution in [2.45, 2.75) is 39.2 Å². The molecule has 0 aliphatic carbocycles. The number of nitrogens with one attached hydrogen (secondary N) is 1. The van der Waals surface area contributed by atoms with Crippen LogP contribution in [-0.2, 0) is 0 Å². The van der Waals surface area contributed by atoms with Crippen LogP contribution in [-0.4, -0.2) is 16.6 Å². The molecule has 1 aromatic rings. The van der Waals surface area contributed by atoms with E-state index in [9.17, 15) is 9.90 Å². The summed E-state index contributed by atoms with van der Waals surface area (Å²) >= 11 is 0. The van der Waals surface area contributed by atoms with E-state index in [0.717, 1.165) is 12.8 Å². The molecule has 0 saturated heterocycles. The quantitative estimate of drug-likeness (QED) is 0.821. The minimum atomic E-state index is -0.211. The maximum Gasteiger partial charge on any atom is 0.251 e. The Morgan fingerprint density at radius 2 is 2.12 bits per heavy atom. The molecular weight excluding hydrogens is 202 g/mol. The van der Waals surface area contributed by atoms with Crippen molar-refractivity contribution in [1.82, 2.24) is 5.32 Å². The SMILES string of the molecule is CCCC(C)(C)NC(=O)c1cccc(O)c1. The molecule has 0 fully saturated rings. The van der Waals surface area contributed by atoms with Crippen LogP contribution in [0.1, 0.15) is 44.0 Å². The number of phenolic OH excluding ortho intramolecular Hbond substituents is 1. The van der Waals surface area contributed by atoms with Gasteiger partial charge in [-0.15, -0.1) is 0 Å². The maximum absolute atomic E-state index is 11.9. The van der Waals surface area contributed by atoms with E-state index < -0.39 is 0 Å². The molecule has 16 heavy (non-hydrogen) atoms. The number of rotatable bonds is 4. The Hall–Kier alpha value is -1.51. The first-order valence-electron chi connectivity index (χ1n) is 5.56. The molecule has 0 aliphatic rings. The van der Waals surface area contributed by atoms with Gasteiger partial charge in [0.15, 0.2) is 0 Å². The first-order valence-corrected chi connectivity index (χ1v) is 5.56. The molecule has 1 amide bonds. The highest BCUT2D eigenvalue weighted by Gasteiger charge is 2.19. The monoisotopic (exact) mass is 221 g/mol. The third-order valence-electron chi connectivity index (χ3n) is 2.44. The van der Waals surface area contributed by atoms with Crippen molar-refractivity contribution in [3.05, 3.63) is 29.8 Å². The molecule has 2 N–H and O–H groups in total. The number of hydrogen-bond donors (Lipinski definition) is 2. The van der Waals surface area contributed by atoms with Crippen LogP contribution >= 0.6 is 0 Å². The second-order valence-corrected chi connectivity index (χ2v) is 4.64. The second kappa shape index (κ2) is 5.01. The van der Waals surface area contributed by atoms with E-state index in [4.69, 9.17) is 0 Å². The van der Waals surface area contributed by atoms with Gasteiger partial charge in [0.05, 0.1) is 0 Å². The number of hydrogen-bond acceptors (Lipinski definition) is 2. The highest BCUT2D eigenvalue weighted by molar-refractivity contribution is 5.95. The summed E-state index contributed by atoms with van der Waals surface area (Å²) in [5.74, 6) is -0.0321. The normalized spacial score (nSPS) is 11.2. The van der Waals surface area contributed by atoms with Crippen molar-refractivity contribution < 1.29 is 9.90 Å². The standard InChI is InChI=1S/C13H19NO2/c1-4-8-13(2,3)14-12(16)10-6-5-7-11(15)9-10/h5-7,9,15H,4,8H2,1-3H3,(H,14,16). The van der Waals surface area contributed by atoms with E-state index in [2.05, 4.69) is 12.2 Å². The lowest BCUT2D eigenvalue weighted by molar-refractivity contribution is 0.0908. The zero-order valence-corrected chi connectivity index (χ0v) is 10.1. The fraction of sp³-hybridized carbons (Fsp3) is 0.462. The van der Waals surface area contributed by atoms with Crippen LogP contribution < -0.4 is 5.32 Å². The number of aromatic hydroxyl groups is 1. The van der Waals surface area contributed by atoms with Crippen molar-refractivity contribution >= 4 is 5.91 Å². The molecule has 0 aliphatic heterocycles. The van der Waals surface area contributed by atoms with Crippen LogP contribution in [0.25, 0.3) is 0 Å². The van der Waals surface area contributed by atoms with Gasteiger partial charge in [0.2, 0.25) is 0 Å². The molecule has 3 nitrogen and oxygen atoms in total. The molecule has 0 spiro atoms. The van der Waals surface area contributed by atoms with E-state index in [-0.39, 0.29) is 17.2 Å². The fourth-order valence-corrected chi connectivity index (χ4v) is 1.71. The van der Waals surface area contributed by atoms with E-state index >= 15 is 0 Å². The smallest absolute Gasteiger partial charge is 0.251 e. The van der Waals surface area contributed by atoms with Crippen LogP contribution in [0.3, 0.4) is 0 Å². The molecule has 0 aromatic heterocycles. The van der Waals surface area contributed by atoms with Gasteiger partial charge < -0.3 is 10.4 Å². The molecule has 0 bridgehead atoms. The van der Waals surface area contributed by atoms with E-state index in [0.29, 0.717) is 5.56 Å². The second-order valence-electron chi connectivity index (χ2n) is 4.64. The lowest BCUT2D eigenvalue weighted by atomic mass is 9.98. The van der Waals surface area contributed by atoms with E-state index in [1.807, 2.05) is 13.8 Å². The third kappa shape index (κ3) is 3.57. The molecular formula is C13H19NO2. The molecule has 0 heterocycles. The van der Waals surface area contributed by atoms with E-state index in [1.54, 1.807) is 18.2 Å². The molecule has 88 valence electrons. The minimum absolute atomic E-state index is 0.112. The Labute approximate surface area is 96.5 Å². The zero-order chi connectivity index (χ0) is 12.2. The lowest BCUT2D eigenvalue weighted by Crippen LogP contribution is -2.43. The Morgan fingerprint density at radius 3 is 2.69 bits per heavy atom.